The SMILES string of the molecule is COc1cccc(CC(Cl)c2ccc(C(C)(C)C)cc2)c1. The van der Waals surface area contributed by atoms with E-state index in [4.69, 9.17) is 16.3 Å². The van der Waals surface area contributed by atoms with E-state index in [0.29, 0.717) is 0 Å². The number of rotatable bonds is 4. The van der Waals surface area contributed by atoms with Crippen LogP contribution in [0.2, 0.25) is 0 Å². The van der Waals surface area contributed by atoms with Crippen molar-refractivity contribution in [1.29, 1.82) is 0 Å². The van der Waals surface area contributed by atoms with Crippen LogP contribution in [-0.4, -0.2) is 7.11 Å². The van der Waals surface area contributed by atoms with E-state index in [1.54, 1.807) is 7.11 Å². The van der Waals surface area contributed by atoms with Gasteiger partial charge in [-0.05, 0) is 40.7 Å². The molecule has 112 valence electrons. The molecule has 0 spiro atoms. The van der Waals surface area contributed by atoms with E-state index in [1.165, 1.54) is 11.1 Å². The number of hydrogen-bond acceptors (Lipinski definition) is 1. The van der Waals surface area contributed by atoms with Crippen LogP contribution in [0.4, 0.5) is 0 Å². The molecule has 0 aliphatic heterocycles. The fourth-order valence-corrected chi connectivity index (χ4v) is 2.64. The standard InChI is InChI=1S/C19H23ClO/c1-19(2,3)16-10-8-15(9-11-16)18(20)13-14-6-5-7-17(12-14)21-4/h5-12,18H,13H2,1-4H3. The number of alkyl halides is 1. The Kier molecular flexibility index (Phi) is 4.95. The molecule has 2 aromatic carbocycles. The second-order valence-electron chi connectivity index (χ2n) is 6.40. The monoisotopic (exact) mass is 302 g/mol. The third kappa shape index (κ3) is 4.25. The summed E-state index contributed by atoms with van der Waals surface area (Å²) >= 11 is 6.56. The Labute approximate surface area is 132 Å². The van der Waals surface area contributed by atoms with E-state index >= 15 is 0 Å². The van der Waals surface area contributed by atoms with Gasteiger partial charge in [-0.15, -0.1) is 11.6 Å². The van der Waals surface area contributed by atoms with Gasteiger partial charge in [-0.3, -0.25) is 0 Å². The van der Waals surface area contributed by atoms with Crippen molar-refractivity contribution in [3.8, 4) is 5.75 Å². The first-order valence-electron chi connectivity index (χ1n) is 7.27. The topological polar surface area (TPSA) is 9.23 Å². The Bertz CT molecular complexity index is 581. The molecule has 1 nitrogen and oxygen atoms in total. The quantitative estimate of drug-likeness (QED) is 0.676. The van der Waals surface area contributed by atoms with Crippen molar-refractivity contribution in [3.05, 3.63) is 65.2 Å². The van der Waals surface area contributed by atoms with Crippen LogP contribution in [0.1, 0.15) is 42.8 Å². The molecule has 0 amide bonds. The molecule has 2 aromatic rings. The van der Waals surface area contributed by atoms with Crippen molar-refractivity contribution < 1.29 is 4.74 Å². The van der Waals surface area contributed by atoms with E-state index in [1.807, 2.05) is 18.2 Å². The molecule has 1 unspecified atom stereocenters. The Balaban J connectivity index is 2.11. The summed E-state index contributed by atoms with van der Waals surface area (Å²) in [6, 6.07) is 16.7. The molecule has 0 aliphatic carbocycles. The fourth-order valence-electron chi connectivity index (χ4n) is 2.32. The summed E-state index contributed by atoms with van der Waals surface area (Å²) in [7, 11) is 1.68. The average molecular weight is 303 g/mol. The summed E-state index contributed by atoms with van der Waals surface area (Å²) in [5.41, 5.74) is 3.85. The third-order valence-corrected chi connectivity index (χ3v) is 4.09. The molecule has 0 N–H and O–H groups in total. The van der Waals surface area contributed by atoms with Crippen molar-refractivity contribution in [2.75, 3.05) is 7.11 Å². The Morgan fingerprint density at radius 1 is 1.05 bits per heavy atom. The lowest BCUT2D eigenvalue weighted by atomic mass is 9.86. The number of benzene rings is 2. The molecule has 2 rings (SSSR count). The molecule has 0 heterocycles. The summed E-state index contributed by atoms with van der Waals surface area (Å²) in [6.07, 6.45) is 0.799. The molecule has 0 saturated heterocycles. The van der Waals surface area contributed by atoms with Crippen LogP contribution in [0.25, 0.3) is 0 Å². The van der Waals surface area contributed by atoms with E-state index in [2.05, 4.69) is 51.1 Å². The maximum atomic E-state index is 6.56. The fraction of sp³-hybridized carbons (Fsp3) is 0.368. The summed E-state index contributed by atoms with van der Waals surface area (Å²) in [4.78, 5) is 0. The molecule has 0 radical (unpaired) electrons. The maximum Gasteiger partial charge on any atom is 0.119 e. The van der Waals surface area contributed by atoms with Gasteiger partial charge in [-0.1, -0.05) is 57.2 Å². The lowest BCUT2D eigenvalue weighted by Gasteiger charge is -2.20. The van der Waals surface area contributed by atoms with Crippen LogP contribution in [0.15, 0.2) is 48.5 Å². The van der Waals surface area contributed by atoms with Gasteiger partial charge in [0.2, 0.25) is 0 Å². The van der Waals surface area contributed by atoms with Crippen molar-refractivity contribution in [3.63, 3.8) is 0 Å². The normalized spacial score (nSPS) is 13.0. The summed E-state index contributed by atoms with van der Waals surface area (Å²) in [6.45, 7) is 6.66. The lowest BCUT2D eigenvalue weighted by molar-refractivity contribution is 0.414. The first-order valence-corrected chi connectivity index (χ1v) is 7.71. The molecule has 0 aromatic heterocycles. The van der Waals surface area contributed by atoms with Crippen molar-refractivity contribution in [1.82, 2.24) is 0 Å². The van der Waals surface area contributed by atoms with Gasteiger partial charge in [0, 0.05) is 0 Å². The second kappa shape index (κ2) is 6.53. The van der Waals surface area contributed by atoms with Crippen molar-refractivity contribution >= 4 is 11.6 Å². The Morgan fingerprint density at radius 2 is 1.71 bits per heavy atom. The smallest absolute Gasteiger partial charge is 0.119 e. The molecule has 21 heavy (non-hydrogen) atoms. The third-order valence-electron chi connectivity index (χ3n) is 3.69. The van der Waals surface area contributed by atoms with Gasteiger partial charge >= 0.3 is 0 Å². The van der Waals surface area contributed by atoms with Gasteiger partial charge in [-0.25, -0.2) is 0 Å². The van der Waals surface area contributed by atoms with Crippen molar-refractivity contribution in [2.45, 2.75) is 38.0 Å². The minimum absolute atomic E-state index is 0.0221. The second-order valence-corrected chi connectivity index (χ2v) is 6.92. The lowest BCUT2D eigenvalue weighted by Crippen LogP contribution is -2.10. The van der Waals surface area contributed by atoms with Crippen LogP contribution in [0.3, 0.4) is 0 Å². The zero-order valence-electron chi connectivity index (χ0n) is 13.2. The zero-order valence-corrected chi connectivity index (χ0v) is 13.9. The van der Waals surface area contributed by atoms with E-state index < -0.39 is 0 Å². The van der Waals surface area contributed by atoms with Gasteiger partial charge in [0.1, 0.15) is 5.75 Å². The largest absolute Gasteiger partial charge is 0.497 e. The number of ether oxygens (including phenoxy) is 1. The molecular formula is C19H23ClO. The number of halogens is 1. The predicted octanol–water partition coefficient (Wildman–Crippen LogP) is 5.52. The minimum Gasteiger partial charge on any atom is -0.497 e. The summed E-state index contributed by atoms with van der Waals surface area (Å²) < 4.78 is 5.25. The van der Waals surface area contributed by atoms with Crippen molar-refractivity contribution in [2.24, 2.45) is 0 Å². The highest BCUT2D eigenvalue weighted by atomic mass is 35.5. The van der Waals surface area contributed by atoms with Gasteiger partial charge in [0.15, 0.2) is 0 Å². The van der Waals surface area contributed by atoms with Crippen LogP contribution in [0.5, 0.6) is 5.75 Å². The molecule has 0 fully saturated rings. The van der Waals surface area contributed by atoms with Crippen LogP contribution in [-0.2, 0) is 11.8 Å². The van der Waals surface area contributed by atoms with Crippen LogP contribution in [0, 0.1) is 0 Å². The van der Waals surface area contributed by atoms with Gasteiger partial charge in [0.25, 0.3) is 0 Å². The molecule has 2 heteroatoms. The highest BCUT2D eigenvalue weighted by Gasteiger charge is 2.15. The van der Waals surface area contributed by atoms with E-state index in [0.717, 1.165) is 17.7 Å². The number of hydrogen-bond donors (Lipinski definition) is 0. The molecule has 0 saturated carbocycles. The molecule has 1 atom stereocenters. The molecule has 0 bridgehead atoms. The summed E-state index contributed by atoms with van der Waals surface area (Å²) in [5, 5.41) is -0.0221. The Hall–Kier alpha value is -1.47. The average Bonchev–Trinajstić information content (AvgIpc) is 2.46. The summed E-state index contributed by atoms with van der Waals surface area (Å²) in [5.74, 6) is 0.874. The predicted molar refractivity (Wildman–Crippen MR) is 90.4 cm³/mol. The van der Waals surface area contributed by atoms with E-state index in [-0.39, 0.29) is 10.8 Å². The minimum atomic E-state index is -0.0221. The zero-order chi connectivity index (χ0) is 15.5. The molecular weight excluding hydrogens is 280 g/mol. The highest BCUT2D eigenvalue weighted by molar-refractivity contribution is 6.20. The number of methoxy groups -OCH3 is 1. The van der Waals surface area contributed by atoms with E-state index in [9.17, 15) is 0 Å². The van der Waals surface area contributed by atoms with Gasteiger partial charge < -0.3 is 4.74 Å². The first kappa shape index (κ1) is 15.9. The van der Waals surface area contributed by atoms with Crippen LogP contribution < -0.4 is 4.74 Å². The van der Waals surface area contributed by atoms with Crippen LogP contribution >= 0.6 is 11.6 Å². The highest BCUT2D eigenvalue weighted by Crippen LogP contribution is 2.29. The maximum absolute atomic E-state index is 6.56. The first-order chi connectivity index (χ1) is 9.90. The molecule has 0 aliphatic rings. The van der Waals surface area contributed by atoms with Gasteiger partial charge in [0.05, 0.1) is 12.5 Å². The Morgan fingerprint density at radius 3 is 2.29 bits per heavy atom. The van der Waals surface area contributed by atoms with Gasteiger partial charge in [-0.2, -0.15) is 0 Å².